The average Bonchev–Trinajstić information content (AvgIpc) is 2.50. The summed E-state index contributed by atoms with van der Waals surface area (Å²) in [4.78, 5) is 0.372. The number of halogens is 1. The van der Waals surface area contributed by atoms with E-state index in [1.807, 2.05) is 19.1 Å². The molecule has 0 fully saturated rings. The Kier molecular flexibility index (Phi) is 2.94. The summed E-state index contributed by atoms with van der Waals surface area (Å²) in [5, 5.41) is 1.33. The minimum absolute atomic E-state index is 0.0530. The Bertz CT molecular complexity index is 563. The van der Waals surface area contributed by atoms with Gasteiger partial charge in [-0.15, -0.1) is 0 Å². The zero-order valence-corrected chi connectivity index (χ0v) is 11.2. The van der Waals surface area contributed by atoms with Gasteiger partial charge in [0.1, 0.15) is 0 Å². The second kappa shape index (κ2) is 3.98. The van der Waals surface area contributed by atoms with Gasteiger partial charge in [-0.25, -0.2) is 8.42 Å². The predicted molar refractivity (Wildman–Crippen MR) is 67.5 cm³/mol. The molecule has 1 heterocycles. The number of hydrogen-bond donors (Lipinski definition) is 1. The lowest BCUT2D eigenvalue weighted by Gasteiger charge is -2.10. The van der Waals surface area contributed by atoms with Gasteiger partial charge in [0.2, 0.25) is 9.84 Å². The molecule has 1 aliphatic rings. The highest BCUT2D eigenvalue weighted by Crippen LogP contribution is 2.38. The van der Waals surface area contributed by atoms with E-state index in [9.17, 15) is 8.42 Å². The van der Waals surface area contributed by atoms with Crippen LogP contribution in [0.25, 0.3) is 5.57 Å². The summed E-state index contributed by atoms with van der Waals surface area (Å²) in [6.45, 7) is 2.37. The van der Waals surface area contributed by atoms with Crippen molar-refractivity contribution in [1.82, 2.24) is 0 Å². The molecule has 0 aliphatic carbocycles. The second-order valence-electron chi connectivity index (χ2n) is 3.90. The lowest BCUT2D eigenvalue weighted by atomic mass is 9.96. The molecule has 86 valence electrons. The average molecular weight is 302 g/mol. The number of fused-ring (bicyclic) bond motifs is 1. The Morgan fingerprint density at radius 2 is 2.12 bits per heavy atom. The van der Waals surface area contributed by atoms with Gasteiger partial charge in [-0.3, -0.25) is 0 Å². The zero-order valence-electron chi connectivity index (χ0n) is 8.77. The van der Waals surface area contributed by atoms with E-state index in [1.54, 1.807) is 6.07 Å². The van der Waals surface area contributed by atoms with Crippen molar-refractivity contribution in [2.45, 2.75) is 11.8 Å². The van der Waals surface area contributed by atoms with E-state index < -0.39 is 9.84 Å². The monoisotopic (exact) mass is 301 g/mol. The lowest BCUT2D eigenvalue weighted by molar-refractivity contribution is 0.605. The minimum atomic E-state index is -3.28. The number of hydrogen-bond acceptors (Lipinski definition) is 3. The molecule has 0 saturated heterocycles. The molecule has 3 nitrogen and oxygen atoms in total. The van der Waals surface area contributed by atoms with Crippen molar-refractivity contribution >= 4 is 31.3 Å². The SMILES string of the molecule is CC(CN)C1=CS(=O)(=O)c2cc(Br)ccc21. The van der Waals surface area contributed by atoms with Crippen LogP contribution in [0.3, 0.4) is 0 Å². The fourth-order valence-electron chi connectivity index (χ4n) is 1.77. The van der Waals surface area contributed by atoms with Gasteiger partial charge in [-0.05, 0) is 35.7 Å². The summed E-state index contributed by atoms with van der Waals surface area (Å²) in [6.07, 6.45) is 0. The summed E-state index contributed by atoms with van der Waals surface area (Å²) in [5.41, 5.74) is 7.17. The Morgan fingerprint density at radius 1 is 1.44 bits per heavy atom. The van der Waals surface area contributed by atoms with Crippen molar-refractivity contribution in [3.05, 3.63) is 33.6 Å². The van der Waals surface area contributed by atoms with E-state index in [1.165, 1.54) is 5.41 Å². The van der Waals surface area contributed by atoms with E-state index in [0.717, 1.165) is 15.6 Å². The molecular formula is C11H12BrNO2S. The molecule has 0 radical (unpaired) electrons. The highest BCUT2D eigenvalue weighted by Gasteiger charge is 2.29. The molecule has 0 saturated carbocycles. The van der Waals surface area contributed by atoms with Crippen molar-refractivity contribution in [3.8, 4) is 0 Å². The van der Waals surface area contributed by atoms with Crippen molar-refractivity contribution in [3.63, 3.8) is 0 Å². The van der Waals surface area contributed by atoms with E-state index >= 15 is 0 Å². The number of rotatable bonds is 2. The summed E-state index contributed by atoms with van der Waals surface area (Å²) in [7, 11) is -3.28. The molecule has 0 spiro atoms. The highest BCUT2D eigenvalue weighted by atomic mass is 79.9. The molecule has 16 heavy (non-hydrogen) atoms. The molecule has 0 amide bonds. The number of sulfone groups is 1. The van der Waals surface area contributed by atoms with Gasteiger partial charge in [0.05, 0.1) is 4.90 Å². The third-order valence-corrected chi connectivity index (χ3v) is 4.74. The fourth-order valence-corrected chi connectivity index (χ4v) is 3.89. The first-order chi connectivity index (χ1) is 7.45. The third kappa shape index (κ3) is 1.83. The van der Waals surface area contributed by atoms with E-state index in [-0.39, 0.29) is 5.92 Å². The van der Waals surface area contributed by atoms with Crippen LogP contribution in [0.2, 0.25) is 0 Å². The smallest absolute Gasteiger partial charge is 0.200 e. The minimum Gasteiger partial charge on any atom is -0.330 e. The molecule has 1 aromatic rings. The van der Waals surface area contributed by atoms with E-state index in [2.05, 4.69) is 15.9 Å². The molecule has 5 heteroatoms. The van der Waals surface area contributed by atoms with Crippen LogP contribution in [0.4, 0.5) is 0 Å². The first-order valence-corrected chi connectivity index (χ1v) is 7.26. The van der Waals surface area contributed by atoms with Crippen molar-refractivity contribution in [2.24, 2.45) is 11.7 Å². The van der Waals surface area contributed by atoms with Gasteiger partial charge in [-0.2, -0.15) is 0 Å². The number of benzene rings is 1. The molecule has 1 unspecified atom stereocenters. The van der Waals surface area contributed by atoms with Gasteiger partial charge in [0.25, 0.3) is 0 Å². The summed E-state index contributed by atoms with van der Waals surface area (Å²) in [5.74, 6) is 0.0530. The van der Waals surface area contributed by atoms with Crippen LogP contribution >= 0.6 is 15.9 Å². The molecule has 1 aliphatic heterocycles. The van der Waals surface area contributed by atoms with Crippen LogP contribution in [0.1, 0.15) is 12.5 Å². The third-order valence-electron chi connectivity index (χ3n) is 2.73. The maximum absolute atomic E-state index is 11.9. The quantitative estimate of drug-likeness (QED) is 0.911. The predicted octanol–water partition coefficient (Wildman–Crippen LogP) is 2.17. The Balaban J connectivity index is 2.65. The molecule has 1 aromatic carbocycles. The van der Waals surface area contributed by atoms with Gasteiger partial charge in [0.15, 0.2) is 0 Å². The van der Waals surface area contributed by atoms with Gasteiger partial charge in [0, 0.05) is 9.88 Å². The van der Waals surface area contributed by atoms with Gasteiger partial charge < -0.3 is 5.73 Å². The molecule has 0 aromatic heterocycles. The molecule has 2 rings (SSSR count). The van der Waals surface area contributed by atoms with Crippen LogP contribution in [0, 0.1) is 5.92 Å². The maximum atomic E-state index is 11.9. The second-order valence-corrected chi connectivity index (χ2v) is 6.58. The summed E-state index contributed by atoms with van der Waals surface area (Å²) >= 11 is 3.28. The Hall–Kier alpha value is -0.650. The van der Waals surface area contributed by atoms with Crippen molar-refractivity contribution in [2.75, 3.05) is 6.54 Å². The molecular weight excluding hydrogens is 290 g/mol. The molecule has 1 atom stereocenters. The number of nitrogens with two attached hydrogens (primary N) is 1. The topological polar surface area (TPSA) is 60.2 Å². The lowest BCUT2D eigenvalue weighted by Crippen LogP contribution is -2.11. The summed E-state index contributed by atoms with van der Waals surface area (Å²) < 4.78 is 24.6. The van der Waals surface area contributed by atoms with Gasteiger partial charge in [-0.1, -0.05) is 28.9 Å². The Morgan fingerprint density at radius 3 is 2.75 bits per heavy atom. The first-order valence-electron chi connectivity index (χ1n) is 4.92. The fraction of sp³-hybridized carbons (Fsp3) is 0.273. The van der Waals surface area contributed by atoms with Crippen molar-refractivity contribution in [1.29, 1.82) is 0 Å². The van der Waals surface area contributed by atoms with Crippen LogP contribution in [-0.2, 0) is 9.84 Å². The molecule has 2 N–H and O–H groups in total. The van der Waals surface area contributed by atoms with Crippen LogP contribution in [-0.4, -0.2) is 15.0 Å². The summed E-state index contributed by atoms with van der Waals surface area (Å²) in [6, 6.07) is 5.30. The van der Waals surface area contributed by atoms with Crippen LogP contribution in [0.5, 0.6) is 0 Å². The largest absolute Gasteiger partial charge is 0.330 e. The highest BCUT2D eigenvalue weighted by molar-refractivity contribution is 9.10. The molecule has 0 bridgehead atoms. The van der Waals surface area contributed by atoms with Gasteiger partial charge >= 0.3 is 0 Å². The van der Waals surface area contributed by atoms with Crippen LogP contribution in [0.15, 0.2) is 33.0 Å². The maximum Gasteiger partial charge on any atom is 0.200 e. The first kappa shape index (κ1) is 11.8. The van der Waals surface area contributed by atoms with E-state index in [4.69, 9.17) is 5.73 Å². The van der Waals surface area contributed by atoms with Crippen molar-refractivity contribution < 1.29 is 8.42 Å². The van der Waals surface area contributed by atoms with Crippen LogP contribution < -0.4 is 5.73 Å². The standard InChI is InChI=1S/C11H12BrNO2S/c1-7(5-13)10-6-16(14,15)11-4-8(12)2-3-9(10)11/h2-4,6-7H,5,13H2,1H3. The zero-order chi connectivity index (χ0) is 11.9. The van der Waals surface area contributed by atoms with E-state index in [0.29, 0.717) is 11.4 Å². The normalized spacial score (nSPS) is 19.1. The Labute approximate surface area is 103 Å².